The highest BCUT2D eigenvalue weighted by atomic mass is 19.4. The van der Waals surface area contributed by atoms with Gasteiger partial charge in [-0.1, -0.05) is 36.4 Å². The lowest BCUT2D eigenvalue weighted by molar-refractivity contribution is -0.138. The molecule has 1 aliphatic heterocycles. The number of piperazine rings is 1. The quantitative estimate of drug-likeness (QED) is 0.650. The van der Waals surface area contributed by atoms with Gasteiger partial charge in [0.2, 0.25) is 11.8 Å². The van der Waals surface area contributed by atoms with Crippen LogP contribution in [-0.2, 0) is 15.8 Å². The van der Waals surface area contributed by atoms with Gasteiger partial charge in [0.25, 0.3) is 0 Å². The summed E-state index contributed by atoms with van der Waals surface area (Å²) in [6.45, 7) is 4.03. The first-order valence-electron chi connectivity index (χ1n) is 11.1. The summed E-state index contributed by atoms with van der Waals surface area (Å²) in [5.74, 6) is -1.83. The van der Waals surface area contributed by atoms with Crippen LogP contribution in [0, 0.1) is 5.92 Å². The summed E-state index contributed by atoms with van der Waals surface area (Å²) in [7, 11) is 0. The number of rotatable bonds is 6. The molecule has 9 heteroatoms. The third kappa shape index (κ3) is 5.84. The number of para-hydroxylation sites is 1. The fraction of sp³-hybridized carbons (Fsp3) is 0.417. The van der Waals surface area contributed by atoms with E-state index in [0.29, 0.717) is 13.0 Å². The lowest BCUT2D eigenvalue weighted by Crippen LogP contribution is -2.48. The van der Waals surface area contributed by atoms with Gasteiger partial charge in [-0.05, 0) is 36.1 Å². The van der Waals surface area contributed by atoms with E-state index < -0.39 is 29.5 Å². The Labute approximate surface area is 190 Å². The van der Waals surface area contributed by atoms with Gasteiger partial charge in [-0.2, -0.15) is 13.2 Å². The van der Waals surface area contributed by atoms with Gasteiger partial charge in [-0.15, -0.1) is 0 Å². The second kappa shape index (κ2) is 9.82. The van der Waals surface area contributed by atoms with Crippen LogP contribution in [0.15, 0.2) is 54.6 Å². The highest BCUT2D eigenvalue weighted by Gasteiger charge is 2.47. The summed E-state index contributed by atoms with van der Waals surface area (Å²) < 4.78 is 39.6. The summed E-state index contributed by atoms with van der Waals surface area (Å²) in [5, 5.41) is 0. The maximum atomic E-state index is 13.2. The number of anilines is 1. The molecule has 2 amide bonds. The van der Waals surface area contributed by atoms with Gasteiger partial charge in [0.1, 0.15) is 0 Å². The van der Waals surface area contributed by atoms with Gasteiger partial charge in [-0.25, -0.2) is 0 Å². The molecule has 2 aromatic carbocycles. The number of hydrogen-bond donors (Lipinski definition) is 2. The van der Waals surface area contributed by atoms with Crippen molar-refractivity contribution < 1.29 is 22.8 Å². The Morgan fingerprint density at radius 2 is 1.58 bits per heavy atom. The molecule has 2 fully saturated rings. The van der Waals surface area contributed by atoms with E-state index in [9.17, 15) is 22.8 Å². The third-order valence-electron chi connectivity index (χ3n) is 6.27. The highest BCUT2D eigenvalue weighted by molar-refractivity contribution is 5.86. The van der Waals surface area contributed by atoms with Gasteiger partial charge in [-0.3, -0.25) is 25.3 Å². The molecule has 0 spiro atoms. The topological polar surface area (TPSA) is 64.7 Å². The van der Waals surface area contributed by atoms with Crippen LogP contribution in [0.5, 0.6) is 0 Å². The monoisotopic (exact) mass is 460 g/mol. The summed E-state index contributed by atoms with van der Waals surface area (Å²) in [5.41, 5.74) is 5.38. The third-order valence-corrected chi connectivity index (χ3v) is 6.27. The molecule has 1 saturated heterocycles. The predicted molar refractivity (Wildman–Crippen MR) is 118 cm³/mol. The van der Waals surface area contributed by atoms with Crippen molar-refractivity contribution in [2.24, 2.45) is 5.92 Å². The Balaban J connectivity index is 1.17. The smallest absolute Gasteiger partial charge is 0.369 e. The molecule has 0 aromatic heterocycles. The number of amides is 2. The van der Waals surface area contributed by atoms with E-state index in [4.69, 9.17) is 0 Å². The van der Waals surface area contributed by atoms with Gasteiger partial charge in [0.15, 0.2) is 0 Å². The Morgan fingerprint density at radius 3 is 2.27 bits per heavy atom. The molecule has 0 bridgehead atoms. The van der Waals surface area contributed by atoms with Crippen LogP contribution in [0.4, 0.5) is 18.9 Å². The van der Waals surface area contributed by atoms with Crippen molar-refractivity contribution in [1.29, 1.82) is 0 Å². The molecular formula is C24H27F3N4O2. The zero-order valence-corrected chi connectivity index (χ0v) is 18.1. The maximum absolute atomic E-state index is 13.2. The number of benzene rings is 2. The van der Waals surface area contributed by atoms with E-state index in [1.54, 1.807) is 6.07 Å². The highest BCUT2D eigenvalue weighted by Crippen LogP contribution is 2.50. The number of carbonyl (C=O) groups excluding carboxylic acids is 2. The first-order chi connectivity index (χ1) is 15.8. The predicted octanol–water partition coefficient (Wildman–Crippen LogP) is 3.17. The first kappa shape index (κ1) is 23.1. The van der Waals surface area contributed by atoms with Crippen LogP contribution < -0.4 is 15.8 Å². The molecule has 2 N–H and O–H groups in total. The molecule has 2 aromatic rings. The molecule has 6 nitrogen and oxygen atoms in total. The average molecular weight is 461 g/mol. The van der Waals surface area contributed by atoms with Gasteiger partial charge >= 0.3 is 6.18 Å². The molecule has 2 aliphatic rings. The molecule has 1 saturated carbocycles. The van der Waals surface area contributed by atoms with E-state index >= 15 is 0 Å². The van der Waals surface area contributed by atoms with Crippen LogP contribution in [0.25, 0.3) is 0 Å². The van der Waals surface area contributed by atoms with Crippen LogP contribution in [0.3, 0.4) is 0 Å². The minimum absolute atomic E-state index is 0.131. The lowest BCUT2D eigenvalue weighted by Gasteiger charge is -2.36. The SMILES string of the molecule is O=C(CCN1CCN(c2ccccc2)CC1)NNC(=O)C1CC1c1ccccc1C(F)(F)F. The average Bonchev–Trinajstić information content (AvgIpc) is 3.63. The Morgan fingerprint density at radius 1 is 0.909 bits per heavy atom. The molecule has 2 unspecified atom stereocenters. The van der Waals surface area contributed by atoms with E-state index in [1.807, 2.05) is 18.2 Å². The van der Waals surface area contributed by atoms with Gasteiger partial charge in [0, 0.05) is 50.7 Å². The van der Waals surface area contributed by atoms with E-state index in [2.05, 4.69) is 32.8 Å². The Hall–Kier alpha value is -3.07. The zero-order chi connectivity index (χ0) is 23.4. The largest absolute Gasteiger partial charge is 0.416 e. The summed E-state index contributed by atoms with van der Waals surface area (Å²) >= 11 is 0. The second-order valence-electron chi connectivity index (χ2n) is 8.49. The normalized spacial score (nSPS) is 20.9. The minimum atomic E-state index is -4.46. The van der Waals surface area contributed by atoms with Crippen LogP contribution in [0.1, 0.15) is 29.9 Å². The molecule has 176 valence electrons. The fourth-order valence-corrected chi connectivity index (χ4v) is 4.32. The zero-order valence-electron chi connectivity index (χ0n) is 18.1. The second-order valence-corrected chi connectivity index (χ2v) is 8.49. The number of nitrogens with one attached hydrogen (secondary N) is 2. The standard InChI is InChI=1S/C24H27F3N4O2/c25-24(26,27)21-9-5-4-8-18(21)19-16-20(19)23(33)29-28-22(32)10-11-30-12-14-31(15-13-30)17-6-2-1-3-7-17/h1-9,19-20H,10-16H2,(H,28,32)(H,29,33). The Bertz CT molecular complexity index is 975. The number of nitrogens with zero attached hydrogens (tertiary/aromatic N) is 2. The van der Waals surface area contributed by atoms with Crippen molar-refractivity contribution in [3.05, 3.63) is 65.7 Å². The van der Waals surface area contributed by atoms with Crippen molar-refractivity contribution in [2.75, 3.05) is 37.6 Å². The van der Waals surface area contributed by atoms with Crippen molar-refractivity contribution >= 4 is 17.5 Å². The van der Waals surface area contributed by atoms with Crippen molar-refractivity contribution in [1.82, 2.24) is 15.8 Å². The number of halogens is 3. The van der Waals surface area contributed by atoms with Crippen LogP contribution >= 0.6 is 0 Å². The van der Waals surface area contributed by atoms with Crippen molar-refractivity contribution in [3.63, 3.8) is 0 Å². The van der Waals surface area contributed by atoms with Crippen molar-refractivity contribution in [2.45, 2.75) is 24.9 Å². The Kier molecular flexibility index (Phi) is 6.88. The lowest BCUT2D eigenvalue weighted by atomic mass is 10.0. The molecule has 0 radical (unpaired) electrons. The molecule has 1 heterocycles. The number of hydrogen-bond acceptors (Lipinski definition) is 4. The van der Waals surface area contributed by atoms with E-state index in [-0.39, 0.29) is 17.9 Å². The molecule has 1 aliphatic carbocycles. The number of hydrazine groups is 1. The number of alkyl halides is 3. The van der Waals surface area contributed by atoms with Gasteiger partial charge < -0.3 is 4.90 Å². The summed E-state index contributed by atoms with van der Waals surface area (Å²) in [6, 6.07) is 15.5. The van der Waals surface area contributed by atoms with Crippen LogP contribution in [0.2, 0.25) is 0 Å². The molecule has 33 heavy (non-hydrogen) atoms. The van der Waals surface area contributed by atoms with Crippen molar-refractivity contribution in [3.8, 4) is 0 Å². The number of carbonyl (C=O) groups is 2. The maximum Gasteiger partial charge on any atom is 0.416 e. The minimum Gasteiger partial charge on any atom is -0.369 e. The van der Waals surface area contributed by atoms with E-state index in [1.165, 1.54) is 17.8 Å². The molecule has 4 rings (SSSR count). The van der Waals surface area contributed by atoms with Gasteiger partial charge in [0.05, 0.1) is 5.56 Å². The first-order valence-corrected chi connectivity index (χ1v) is 11.1. The van der Waals surface area contributed by atoms with E-state index in [0.717, 1.165) is 32.2 Å². The summed E-state index contributed by atoms with van der Waals surface area (Å²) in [6.07, 6.45) is -3.89. The molecule has 2 atom stereocenters. The van der Waals surface area contributed by atoms with Crippen LogP contribution in [-0.4, -0.2) is 49.4 Å². The molecular weight excluding hydrogens is 433 g/mol. The summed E-state index contributed by atoms with van der Waals surface area (Å²) in [4.78, 5) is 29.0. The fourth-order valence-electron chi connectivity index (χ4n) is 4.32.